The summed E-state index contributed by atoms with van der Waals surface area (Å²) in [4.78, 5) is 3.88. The van der Waals surface area contributed by atoms with Crippen molar-refractivity contribution >= 4 is 0 Å². The second kappa shape index (κ2) is 5.21. The zero-order chi connectivity index (χ0) is 14.8. The molecule has 0 radical (unpaired) electrons. The van der Waals surface area contributed by atoms with Crippen LogP contribution in [0, 0.1) is 11.3 Å². The van der Waals surface area contributed by atoms with Crippen LogP contribution >= 0.6 is 0 Å². The van der Waals surface area contributed by atoms with Crippen LogP contribution in [0.5, 0.6) is 5.88 Å². The number of nitrogens with zero attached hydrogens (tertiary/aromatic N) is 2. The number of ether oxygens (including phenoxy) is 1. The van der Waals surface area contributed by atoms with E-state index >= 15 is 0 Å². The van der Waals surface area contributed by atoms with E-state index in [1.54, 1.807) is 0 Å². The third-order valence-corrected chi connectivity index (χ3v) is 2.71. The topological polar surface area (TPSA) is 45.9 Å². The molecular formula is C14H9F3N2O. The minimum Gasteiger partial charge on any atom is -0.481 e. The SMILES string of the molecule is COc1ccc(-c2cc(C#N)ccc2C(F)(F)F)cn1. The molecule has 0 unspecified atom stereocenters. The zero-order valence-corrected chi connectivity index (χ0v) is 10.4. The first-order valence-electron chi connectivity index (χ1n) is 5.57. The number of alkyl halides is 3. The van der Waals surface area contributed by atoms with Crippen LogP contribution < -0.4 is 4.74 Å². The Kier molecular flexibility index (Phi) is 3.61. The first-order chi connectivity index (χ1) is 9.45. The minimum absolute atomic E-state index is 0.0771. The largest absolute Gasteiger partial charge is 0.481 e. The Morgan fingerprint density at radius 1 is 1.20 bits per heavy atom. The molecule has 0 saturated carbocycles. The van der Waals surface area contributed by atoms with Crippen LogP contribution in [0.4, 0.5) is 13.2 Å². The number of halogens is 3. The molecule has 1 aromatic carbocycles. The zero-order valence-electron chi connectivity index (χ0n) is 10.4. The summed E-state index contributed by atoms with van der Waals surface area (Å²) in [5.41, 5.74) is -0.450. The lowest BCUT2D eigenvalue weighted by Crippen LogP contribution is -2.07. The second-order valence-electron chi connectivity index (χ2n) is 3.96. The molecule has 0 atom stereocenters. The number of hydrogen-bond acceptors (Lipinski definition) is 3. The second-order valence-corrected chi connectivity index (χ2v) is 3.96. The normalized spacial score (nSPS) is 10.9. The number of nitriles is 1. The summed E-state index contributed by atoms with van der Waals surface area (Å²) in [6.45, 7) is 0. The van der Waals surface area contributed by atoms with Crippen LogP contribution in [-0.4, -0.2) is 12.1 Å². The average Bonchev–Trinajstić information content (AvgIpc) is 2.45. The van der Waals surface area contributed by atoms with Crippen molar-refractivity contribution < 1.29 is 17.9 Å². The van der Waals surface area contributed by atoms with Gasteiger partial charge >= 0.3 is 6.18 Å². The van der Waals surface area contributed by atoms with Crippen molar-refractivity contribution in [2.45, 2.75) is 6.18 Å². The molecule has 6 heteroatoms. The lowest BCUT2D eigenvalue weighted by atomic mass is 9.98. The third-order valence-electron chi connectivity index (χ3n) is 2.71. The summed E-state index contributed by atoms with van der Waals surface area (Å²) in [5, 5.41) is 8.82. The van der Waals surface area contributed by atoms with Gasteiger partial charge in [-0.1, -0.05) is 0 Å². The van der Waals surface area contributed by atoms with Gasteiger partial charge in [0.2, 0.25) is 5.88 Å². The number of rotatable bonds is 2. The lowest BCUT2D eigenvalue weighted by Gasteiger charge is -2.13. The van der Waals surface area contributed by atoms with E-state index < -0.39 is 11.7 Å². The molecular weight excluding hydrogens is 269 g/mol. The molecule has 102 valence electrons. The van der Waals surface area contributed by atoms with Crippen molar-refractivity contribution in [3.8, 4) is 23.1 Å². The van der Waals surface area contributed by atoms with Crippen molar-refractivity contribution in [1.29, 1.82) is 5.26 Å². The van der Waals surface area contributed by atoms with E-state index in [1.165, 1.54) is 31.5 Å². The molecule has 0 aliphatic rings. The summed E-state index contributed by atoms with van der Waals surface area (Å²) >= 11 is 0. The van der Waals surface area contributed by atoms with Crippen molar-refractivity contribution in [3.05, 3.63) is 47.7 Å². The lowest BCUT2D eigenvalue weighted by molar-refractivity contribution is -0.137. The highest BCUT2D eigenvalue weighted by molar-refractivity contribution is 5.69. The molecule has 0 aliphatic heterocycles. The fourth-order valence-corrected chi connectivity index (χ4v) is 1.76. The van der Waals surface area contributed by atoms with Gasteiger partial charge in [0.15, 0.2) is 0 Å². The number of hydrogen-bond donors (Lipinski definition) is 0. The average molecular weight is 278 g/mol. The van der Waals surface area contributed by atoms with Gasteiger partial charge in [-0.25, -0.2) is 4.98 Å². The molecule has 3 nitrogen and oxygen atoms in total. The van der Waals surface area contributed by atoms with E-state index in [-0.39, 0.29) is 16.7 Å². The molecule has 0 saturated heterocycles. The third kappa shape index (κ3) is 2.72. The molecule has 0 N–H and O–H groups in total. The molecule has 20 heavy (non-hydrogen) atoms. The highest BCUT2D eigenvalue weighted by Gasteiger charge is 2.33. The molecule has 0 aliphatic carbocycles. The Balaban J connectivity index is 2.60. The van der Waals surface area contributed by atoms with Gasteiger partial charge in [-0.2, -0.15) is 18.4 Å². The van der Waals surface area contributed by atoms with Gasteiger partial charge in [0.05, 0.1) is 24.3 Å². The van der Waals surface area contributed by atoms with Crippen molar-refractivity contribution in [3.63, 3.8) is 0 Å². The van der Waals surface area contributed by atoms with Crippen molar-refractivity contribution in [1.82, 2.24) is 4.98 Å². The van der Waals surface area contributed by atoms with E-state index in [1.807, 2.05) is 6.07 Å². The summed E-state index contributed by atoms with van der Waals surface area (Å²) in [5.74, 6) is 0.304. The van der Waals surface area contributed by atoms with Gasteiger partial charge in [0, 0.05) is 17.8 Å². The van der Waals surface area contributed by atoms with Crippen LogP contribution in [0.2, 0.25) is 0 Å². The standard InChI is InChI=1S/C14H9F3N2O/c1-20-13-5-3-10(8-19-13)11-6-9(7-18)2-4-12(11)14(15,16)17/h2-6,8H,1H3. The number of methoxy groups -OCH3 is 1. The van der Waals surface area contributed by atoms with Crippen LogP contribution in [-0.2, 0) is 6.18 Å². The minimum atomic E-state index is -4.50. The van der Waals surface area contributed by atoms with Crippen molar-refractivity contribution in [2.24, 2.45) is 0 Å². The van der Waals surface area contributed by atoms with Crippen LogP contribution in [0.1, 0.15) is 11.1 Å². The smallest absolute Gasteiger partial charge is 0.417 e. The highest BCUT2D eigenvalue weighted by Crippen LogP contribution is 2.37. The molecule has 0 bridgehead atoms. The van der Waals surface area contributed by atoms with E-state index in [4.69, 9.17) is 10.00 Å². The van der Waals surface area contributed by atoms with E-state index in [9.17, 15) is 13.2 Å². The first kappa shape index (κ1) is 13.9. The maximum absolute atomic E-state index is 13.0. The quantitative estimate of drug-likeness (QED) is 0.842. The van der Waals surface area contributed by atoms with Gasteiger partial charge in [0.25, 0.3) is 0 Å². The number of pyridine rings is 1. The van der Waals surface area contributed by atoms with Crippen molar-refractivity contribution in [2.75, 3.05) is 7.11 Å². The van der Waals surface area contributed by atoms with Gasteiger partial charge in [0.1, 0.15) is 0 Å². The molecule has 0 fully saturated rings. The molecule has 0 amide bonds. The summed E-state index contributed by atoms with van der Waals surface area (Å²) in [6.07, 6.45) is -3.21. The Morgan fingerprint density at radius 2 is 1.95 bits per heavy atom. The molecule has 2 aromatic rings. The highest BCUT2D eigenvalue weighted by atomic mass is 19.4. The summed E-state index contributed by atoms with van der Waals surface area (Å²) < 4.78 is 43.8. The number of aromatic nitrogens is 1. The molecule has 0 spiro atoms. The van der Waals surface area contributed by atoms with E-state index in [2.05, 4.69) is 4.98 Å². The molecule has 1 heterocycles. The Morgan fingerprint density at radius 3 is 2.45 bits per heavy atom. The predicted octanol–water partition coefficient (Wildman–Crippen LogP) is 3.65. The molecule has 1 aromatic heterocycles. The van der Waals surface area contributed by atoms with Gasteiger partial charge in [-0.3, -0.25) is 0 Å². The van der Waals surface area contributed by atoms with Gasteiger partial charge in [-0.05, 0) is 29.8 Å². The number of benzene rings is 1. The van der Waals surface area contributed by atoms with Gasteiger partial charge < -0.3 is 4.74 Å². The Labute approximate surface area is 113 Å². The maximum atomic E-state index is 13.0. The Hall–Kier alpha value is -2.55. The maximum Gasteiger partial charge on any atom is 0.417 e. The fourth-order valence-electron chi connectivity index (χ4n) is 1.76. The molecule has 2 rings (SSSR count). The monoisotopic (exact) mass is 278 g/mol. The van der Waals surface area contributed by atoms with Gasteiger partial charge in [-0.15, -0.1) is 0 Å². The van der Waals surface area contributed by atoms with Crippen LogP contribution in [0.15, 0.2) is 36.5 Å². The van der Waals surface area contributed by atoms with E-state index in [0.29, 0.717) is 5.88 Å². The first-order valence-corrected chi connectivity index (χ1v) is 5.57. The van der Waals surface area contributed by atoms with Crippen LogP contribution in [0.3, 0.4) is 0 Å². The summed E-state index contributed by atoms with van der Waals surface area (Å²) in [6, 6.07) is 8.01. The Bertz CT molecular complexity index is 658. The summed E-state index contributed by atoms with van der Waals surface area (Å²) in [7, 11) is 1.42. The van der Waals surface area contributed by atoms with E-state index in [0.717, 1.165) is 12.1 Å². The fraction of sp³-hybridized carbons (Fsp3) is 0.143. The van der Waals surface area contributed by atoms with Crippen LogP contribution in [0.25, 0.3) is 11.1 Å². The predicted molar refractivity (Wildman–Crippen MR) is 65.9 cm³/mol.